The molecule has 2 aliphatic rings. The highest BCUT2D eigenvalue weighted by atomic mass is 16.5. The van der Waals surface area contributed by atoms with Crippen molar-refractivity contribution < 1.29 is 9.26 Å². The summed E-state index contributed by atoms with van der Waals surface area (Å²) in [7, 11) is 2.17. The first kappa shape index (κ1) is 17.9. The number of ether oxygens (including phenoxy) is 1. The number of aromatic nitrogens is 1. The first-order valence-electron chi connectivity index (χ1n) is 9.69. The summed E-state index contributed by atoms with van der Waals surface area (Å²) >= 11 is 0. The van der Waals surface area contributed by atoms with Gasteiger partial charge in [0.1, 0.15) is 0 Å². The largest absolute Gasteiger partial charge is 0.374 e. The van der Waals surface area contributed by atoms with Crippen LogP contribution < -0.4 is 0 Å². The van der Waals surface area contributed by atoms with Crippen LogP contribution in [0, 0.1) is 5.41 Å². The summed E-state index contributed by atoms with van der Waals surface area (Å²) < 4.78 is 11.8. The Balaban J connectivity index is 1.58. The summed E-state index contributed by atoms with van der Waals surface area (Å²) in [6, 6.07) is 0. The number of unbranched alkanes of at least 4 members (excludes halogenated alkanes) is 1. The van der Waals surface area contributed by atoms with Crippen LogP contribution in [0.4, 0.5) is 0 Å². The van der Waals surface area contributed by atoms with Gasteiger partial charge in [-0.15, -0.1) is 0 Å². The summed E-state index contributed by atoms with van der Waals surface area (Å²) in [4.78, 5) is 2.35. The third kappa shape index (κ3) is 4.02. The third-order valence-corrected chi connectivity index (χ3v) is 5.89. The molecule has 3 rings (SSSR count). The van der Waals surface area contributed by atoms with Crippen molar-refractivity contribution in [3.05, 3.63) is 17.5 Å². The molecule has 1 aromatic rings. The van der Waals surface area contributed by atoms with Crippen LogP contribution >= 0.6 is 0 Å². The SMILES string of the molecule is CCCCN(C)Cc1oncc1C1CCC2(CC1)CC(C)(C)CO2. The summed E-state index contributed by atoms with van der Waals surface area (Å²) in [5.41, 5.74) is 1.83. The second kappa shape index (κ2) is 7.17. The van der Waals surface area contributed by atoms with E-state index >= 15 is 0 Å². The smallest absolute Gasteiger partial charge is 0.154 e. The van der Waals surface area contributed by atoms with Gasteiger partial charge in [0.2, 0.25) is 0 Å². The summed E-state index contributed by atoms with van der Waals surface area (Å²) in [6.07, 6.45) is 10.4. The van der Waals surface area contributed by atoms with Crippen molar-refractivity contribution in [2.75, 3.05) is 20.2 Å². The maximum atomic E-state index is 6.25. The molecule has 0 N–H and O–H groups in total. The Hall–Kier alpha value is -0.870. The van der Waals surface area contributed by atoms with Gasteiger partial charge in [0.25, 0.3) is 0 Å². The fraction of sp³-hybridized carbons (Fsp3) is 0.850. The molecule has 0 atom stereocenters. The molecule has 2 fully saturated rings. The highest BCUT2D eigenvalue weighted by molar-refractivity contribution is 5.20. The molecule has 0 amide bonds. The van der Waals surface area contributed by atoms with Crippen LogP contribution in [0.15, 0.2) is 10.7 Å². The lowest BCUT2D eigenvalue weighted by molar-refractivity contribution is -0.0294. The van der Waals surface area contributed by atoms with E-state index in [1.807, 2.05) is 6.20 Å². The van der Waals surface area contributed by atoms with Crippen molar-refractivity contribution in [2.45, 2.75) is 83.8 Å². The first-order chi connectivity index (χ1) is 11.4. The van der Waals surface area contributed by atoms with E-state index < -0.39 is 0 Å². The first-order valence-corrected chi connectivity index (χ1v) is 9.69. The molecule has 2 heterocycles. The van der Waals surface area contributed by atoms with Gasteiger partial charge in [-0.2, -0.15) is 0 Å². The standard InChI is InChI=1S/C20H34N2O2/c1-5-6-11-22(4)13-18-17(12-21-24-18)16-7-9-20(10-8-16)14-19(2,3)15-23-20/h12,16H,5-11,13-15H2,1-4H3. The molecule has 0 aromatic carbocycles. The minimum Gasteiger partial charge on any atom is -0.374 e. The quantitative estimate of drug-likeness (QED) is 0.752. The fourth-order valence-corrected chi connectivity index (χ4v) is 4.58. The predicted octanol–water partition coefficient (Wildman–Crippen LogP) is 4.75. The molecule has 4 heteroatoms. The molecule has 1 saturated heterocycles. The van der Waals surface area contributed by atoms with Gasteiger partial charge < -0.3 is 9.26 Å². The van der Waals surface area contributed by atoms with Crippen LogP contribution in [-0.2, 0) is 11.3 Å². The van der Waals surface area contributed by atoms with Crippen molar-refractivity contribution >= 4 is 0 Å². The summed E-state index contributed by atoms with van der Waals surface area (Å²) in [6.45, 7) is 9.81. The molecule has 0 radical (unpaired) electrons. The zero-order chi connectivity index (χ0) is 17.2. The lowest BCUT2D eigenvalue weighted by Gasteiger charge is -2.37. The Morgan fingerprint density at radius 1 is 1.29 bits per heavy atom. The van der Waals surface area contributed by atoms with Crippen LogP contribution in [0.25, 0.3) is 0 Å². The number of rotatable bonds is 6. The van der Waals surface area contributed by atoms with Gasteiger partial charge in [0, 0.05) is 5.56 Å². The Bertz CT molecular complexity index is 529. The van der Waals surface area contributed by atoms with E-state index in [1.165, 1.54) is 50.5 Å². The minimum atomic E-state index is 0.148. The maximum Gasteiger partial charge on any atom is 0.154 e. The molecule has 0 unspecified atom stereocenters. The summed E-state index contributed by atoms with van der Waals surface area (Å²) in [5, 5.41) is 4.11. The average molecular weight is 335 g/mol. The van der Waals surface area contributed by atoms with E-state index in [2.05, 4.69) is 37.9 Å². The van der Waals surface area contributed by atoms with E-state index in [0.29, 0.717) is 11.3 Å². The zero-order valence-electron chi connectivity index (χ0n) is 15.9. The topological polar surface area (TPSA) is 38.5 Å². The van der Waals surface area contributed by atoms with Crippen molar-refractivity contribution in [3.8, 4) is 0 Å². The van der Waals surface area contributed by atoms with E-state index in [0.717, 1.165) is 25.5 Å². The van der Waals surface area contributed by atoms with Crippen molar-refractivity contribution in [1.29, 1.82) is 0 Å². The van der Waals surface area contributed by atoms with Gasteiger partial charge in [-0.1, -0.05) is 32.3 Å². The van der Waals surface area contributed by atoms with Crippen LogP contribution in [0.2, 0.25) is 0 Å². The van der Waals surface area contributed by atoms with Gasteiger partial charge in [-0.3, -0.25) is 4.90 Å². The van der Waals surface area contributed by atoms with E-state index in [1.54, 1.807) is 0 Å². The van der Waals surface area contributed by atoms with Gasteiger partial charge in [0.05, 0.1) is 24.9 Å². The predicted molar refractivity (Wildman–Crippen MR) is 96.0 cm³/mol. The van der Waals surface area contributed by atoms with E-state index in [9.17, 15) is 0 Å². The third-order valence-electron chi connectivity index (χ3n) is 5.89. The second-order valence-corrected chi connectivity index (χ2v) is 8.88. The van der Waals surface area contributed by atoms with Crippen LogP contribution in [0.5, 0.6) is 0 Å². The lowest BCUT2D eigenvalue weighted by atomic mass is 9.72. The van der Waals surface area contributed by atoms with Crippen molar-refractivity contribution in [1.82, 2.24) is 10.1 Å². The molecule has 1 aliphatic carbocycles. The number of hydrogen-bond donors (Lipinski definition) is 0. The van der Waals surface area contributed by atoms with Gasteiger partial charge in [-0.05, 0) is 63.5 Å². The van der Waals surface area contributed by atoms with Crippen LogP contribution in [0.3, 0.4) is 0 Å². The monoisotopic (exact) mass is 334 g/mol. The normalized spacial score (nSPS) is 29.6. The molecule has 1 aliphatic heterocycles. The highest BCUT2D eigenvalue weighted by Gasteiger charge is 2.46. The Kier molecular flexibility index (Phi) is 5.36. The second-order valence-electron chi connectivity index (χ2n) is 8.88. The average Bonchev–Trinajstić information content (AvgIpc) is 3.11. The Morgan fingerprint density at radius 2 is 2.04 bits per heavy atom. The molecule has 1 spiro atoms. The molecule has 136 valence electrons. The van der Waals surface area contributed by atoms with Crippen LogP contribution in [-0.4, -0.2) is 35.9 Å². The fourth-order valence-electron chi connectivity index (χ4n) is 4.58. The van der Waals surface area contributed by atoms with Crippen molar-refractivity contribution in [3.63, 3.8) is 0 Å². The van der Waals surface area contributed by atoms with Gasteiger partial charge in [0.15, 0.2) is 5.76 Å². The Morgan fingerprint density at radius 3 is 2.67 bits per heavy atom. The van der Waals surface area contributed by atoms with Gasteiger partial charge >= 0.3 is 0 Å². The summed E-state index contributed by atoms with van der Waals surface area (Å²) in [5.74, 6) is 1.66. The van der Waals surface area contributed by atoms with E-state index in [4.69, 9.17) is 9.26 Å². The number of nitrogens with zero attached hydrogens (tertiary/aromatic N) is 2. The Labute approximate surface area is 146 Å². The molecule has 4 nitrogen and oxygen atoms in total. The zero-order valence-corrected chi connectivity index (χ0v) is 15.9. The maximum absolute atomic E-state index is 6.25. The highest BCUT2D eigenvalue weighted by Crippen LogP contribution is 2.50. The minimum absolute atomic E-state index is 0.148. The molecule has 1 aromatic heterocycles. The lowest BCUT2D eigenvalue weighted by Crippen LogP contribution is -2.33. The molecule has 24 heavy (non-hydrogen) atoms. The number of hydrogen-bond acceptors (Lipinski definition) is 4. The molecule has 0 bridgehead atoms. The molecular weight excluding hydrogens is 300 g/mol. The van der Waals surface area contributed by atoms with Crippen molar-refractivity contribution in [2.24, 2.45) is 5.41 Å². The van der Waals surface area contributed by atoms with Crippen LogP contribution in [0.1, 0.15) is 83.0 Å². The van der Waals surface area contributed by atoms with E-state index in [-0.39, 0.29) is 5.60 Å². The van der Waals surface area contributed by atoms with Gasteiger partial charge in [-0.25, -0.2) is 0 Å². The molecular formula is C20H34N2O2. The molecule has 1 saturated carbocycles.